The van der Waals surface area contributed by atoms with Crippen LogP contribution in [-0.4, -0.2) is 39.2 Å². The molecule has 0 saturated heterocycles. The number of nitrogens with zero attached hydrogens (tertiary/aromatic N) is 4. The predicted octanol–water partition coefficient (Wildman–Crippen LogP) is 3.87. The highest BCUT2D eigenvalue weighted by atomic mass is 19.1. The second-order valence-electron chi connectivity index (χ2n) is 6.46. The Morgan fingerprint density at radius 2 is 2.25 bits per heavy atom. The third-order valence-electron chi connectivity index (χ3n) is 4.73. The van der Waals surface area contributed by atoms with Gasteiger partial charge in [0.25, 0.3) is 0 Å². The van der Waals surface area contributed by atoms with Gasteiger partial charge in [0, 0.05) is 24.2 Å². The first-order chi connectivity index (χ1) is 13.5. The zero-order valence-corrected chi connectivity index (χ0v) is 15.4. The normalized spacial score (nSPS) is 16.4. The monoisotopic (exact) mass is 385 g/mol. The highest BCUT2D eigenvalue weighted by molar-refractivity contribution is 5.86. The molecule has 0 aliphatic heterocycles. The van der Waals surface area contributed by atoms with Gasteiger partial charge in [-0.05, 0) is 38.0 Å². The van der Waals surface area contributed by atoms with E-state index in [1.54, 1.807) is 25.3 Å². The van der Waals surface area contributed by atoms with Crippen molar-refractivity contribution >= 4 is 18.0 Å². The fourth-order valence-electron chi connectivity index (χ4n) is 3.09. The zero-order chi connectivity index (χ0) is 20.1. The fourth-order valence-corrected chi connectivity index (χ4v) is 3.09. The second-order valence-corrected chi connectivity index (χ2v) is 6.46. The molecular formula is C19H20FN5O3. The number of hydrogen-bond donors (Lipinski definition) is 2. The minimum absolute atomic E-state index is 0.203. The number of aromatic carboxylic acids is 1. The number of halogens is 1. The summed E-state index contributed by atoms with van der Waals surface area (Å²) >= 11 is 0. The number of carbonyl (C=O) groups is 1. The maximum Gasteiger partial charge on any atom is 0.358 e. The van der Waals surface area contributed by atoms with Gasteiger partial charge in [0.15, 0.2) is 11.5 Å². The van der Waals surface area contributed by atoms with Gasteiger partial charge in [0.05, 0.1) is 5.70 Å². The van der Waals surface area contributed by atoms with E-state index in [9.17, 15) is 9.18 Å². The average Bonchev–Trinajstić information content (AvgIpc) is 3.16. The van der Waals surface area contributed by atoms with Gasteiger partial charge in [-0.2, -0.15) is 0 Å². The summed E-state index contributed by atoms with van der Waals surface area (Å²) in [7, 11) is 0. The van der Waals surface area contributed by atoms with Crippen molar-refractivity contribution in [2.45, 2.75) is 26.2 Å². The Kier molecular flexibility index (Phi) is 5.62. The van der Waals surface area contributed by atoms with Crippen molar-refractivity contribution in [1.29, 1.82) is 0 Å². The first-order valence-corrected chi connectivity index (χ1v) is 8.78. The van der Waals surface area contributed by atoms with E-state index in [1.165, 1.54) is 12.1 Å². The minimum Gasteiger partial charge on any atom is -0.476 e. The summed E-state index contributed by atoms with van der Waals surface area (Å²) in [6.07, 6.45) is 5.39. The van der Waals surface area contributed by atoms with Gasteiger partial charge in [-0.15, -0.1) is 10.2 Å². The average molecular weight is 385 g/mol. The molecule has 0 spiro atoms. The lowest BCUT2D eigenvalue weighted by Gasteiger charge is -2.42. The van der Waals surface area contributed by atoms with Crippen LogP contribution in [0.15, 0.2) is 51.9 Å². The Hall–Kier alpha value is -3.36. The first kappa shape index (κ1) is 19.4. The largest absolute Gasteiger partial charge is 0.476 e. The summed E-state index contributed by atoms with van der Waals surface area (Å²) < 4.78 is 19.2. The van der Waals surface area contributed by atoms with E-state index in [4.69, 9.17) is 9.63 Å². The molecule has 146 valence electrons. The van der Waals surface area contributed by atoms with Gasteiger partial charge >= 0.3 is 5.97 Å². The van der Waals surface area contributed by atoms with E-state index in [-0.39, 0.29) is 11.5 Å². The molecule has 28 heavy (non-hydrogen) atoms. The lowest BCUT2D eigenvalue weighted by atomic mass is 9.66. The predicted molar refractivity (Wildman–Crippen MR) is 102 cm³/mol. The van der Waals surface area contributed by atoms with Crippen LogP contribution >= 0.6 is 0 Å². The van der Waals surface area contributed by atoms with Crippen LogP contribution in [0.25, 0.3) is 11.5 Å². The van der Waals surface area contributed by atoms with Crippen LogP contribution in [0.5, 0.6) is 0 Å². The molecule has 1 saturated carbocycles. The molecule has 0 radical (unpaired) electrons. The summed E-state index contributed by atoms with van der Waals surface area (Å²) in [5.41, 5.74) is 0.145. The number of nitrogens with one attached hydrogen (secondary N) is 1. The summed E-state index contributed by atoms with van der Waals surface area (Å²) in [4.78, 5) is 15.1. The van der Waals surface area contributed by atoms with Crippen molar-refractivity contribution in [3.05, 3.63) is 48.1 Å². The molecule has 0 amide bonds. The third-order valence-corrected chi connectivity index (χ3v) is 4.73. The van der Waals surface area contributed by atoms with Crippen molar-refractivity contribution in [2.75, 3.05) is 11.9 Å². The van der Waals surface area contributed by atoms with Gasteiger partial charge in [-0.25, -0.2) is 9.18 Å². The van der Waals surface area contributed by atoms with Crippen LogP contribution < -0.4 is 5.32 Å². The molecule has 0 unspecified atom stereocenters. The number of rotatable bonds is 8. The molecule has 1 fully saturated rings. The Bertz CT molecular complexity index is 929. The van der Waals surface area contributed by atoms with Crippen molar-refractivity contribution in [2.24, 2.45) is 10.4 Å². The fraction of sp³-hybridized carbons (Fsp3) is 0.316. The molecule has 2 heterocycles. The Morgan fingerprint density at radius 1 is 1.46 bits per heavy atom. The summed E-state index contributed by atoms with van der Waals surface area (Å²) in [5, 5.41) is 23.6. The molecule has 2 aromatic heterocycles. The van der Waals surface area contributed by atoms with Crippen LogP contribution in [0.2, 0.25) is 0 Å². The number of allylic oxidation sites excluding steroid dienone is 2. The van der Waals surface area contributed by atoms with Crippen LogP contribution in [0.3, 0.4) is 0 Å². The van der Waals surface area contributed by atoms with Crippen molar-refractivity contribution in [3.8, 4) is 11.5 Å². The van der Waals surface area contributed by atoms with Gasteiger partial charge < -0.3 is 14.9 Å². The van der Waals surface area contributed by atoms with E-state index in [0.29, 0.717) is 23.8 Å². The van der Waals surface area contributed by atoms with E-state index >= 15 is 0 Å². The minimum atomic E-state index is -1.18. The molecule has 0 bridgehead atoms. The van der Waals surface area contributed by atoms with E-state index < -0.39 is 17.2 Å². The van der Waals surface area contributed by atoms with Crippen LogP contribution in [0.4, 0.5) is 10.2 Å². The molecule has 2 aromatic rings. The molecule has 0 atom stereocenters. The molecular weight excluding hydrogens is 365 g/mol. The second kappa shape index (κ2) is 8.12. The molecule has 9 heteroatoms. The van der Waals surface area contributed by atoms with Crippen molar-refractivity contribution < 1.29 is 18.8 Å². The maximum atomic E-state index is 14.3. The van der Waals surface area contributed by atoms with Gasteiger partial charge in [0.1, 0.15) is 17.3 Å². The SMILES string of the molecule is C=C/C(F)=C(\N=CC)C1(CNc2ccc(-c3cc(C(=O)O)no3)nn2)CCC1. The number of anilines is 1. The number of aromatic nitrogens is 3. The van der Waals surface area contributed by atoms with Crippen LogP contribution in [-0.2, 0) is 0 Å². The van der Waals surface area contributed by atoms with Crippen LogP contribution in [0.1, 0.15) is 36.7 Å². The standard InChI is InChI=1S/C19H20FN5O3/c1-3-12(20)17(21-4-2)19(8-5-9-19)11-22-16-7-6-13(23-24-16)15-10-14(18(26)27)25-28-15/h3-4,6-7,10H,1,5,8-9,11H2,2H3,(H,22,24)(H,26,27)/b17-12+,21-4?. The molecule has 3 rings (SSSR count). The highest BCUT2D eigenvalue weighted by Crippen LogP contribution is 2.49. The van der Waals surface area contributed by atoms with Gasteiger partial charge in [-0.3, -0.25) is 4.99 Å². The quantitative estimate of drug-likeness (QED) is 0.524. The molecule has 0 aromatic carbocycles. The highest BCUT2D eigenvalue weighted by Gasteiger charge is 2.42. The first-order valence-electron chi connectivity index (χ1n) is 8.78. The zero-order valence-electron chi connectivity index (χ0n) is 15.4. The van der Waals surface area contributed by atoms with E-state index in [2.05, 4.69) is 32.2 Å². The number of carboxylic acids is 1. The molecule has 8 nitrogen and oxygen atoms in total. The molecule has 1 aliphatic carbocycles. The summed E-state index contributed by atoms with van der Waals surface area (Å²) in [6, 6.07) is 4.61. The topological polar surface area (TPSA) is 114 Å². The number of hydrogen-bond acceptors (Lipinski definition) is 7. The summed E-state index contributed by atoms with van der Waals surface area (Å²) in [6.45, 7) is 5.71. The van der Waals surface area contributed by atoms with E-state index in [0.717, 1.165) is 19.3 Å². The van der Waals surface area contributed by atoms with E-state index in [1.807, 2.05) is 0 Å². The third kappa shape index (κ3) is 3.83. The summed E-state index contributed by atoms with van der Waals surface area (Å²) in [5.74, 6) is -0.882. The number of carboxylic acid groups (broad SMARTS) is 1. The Morgan fingerprint density at radius 3 is 2.75 bits per heavy atom. The van der Waals surface area contributed by atoms with Crippen molar-refractivity contribution in [3.63, 3.8) is 0 Å². The van der Waals surface area contributed by atoms with Gasteiger partial charge in [0.2, 0.25) is 0 Å². The van der Waals surface area contributed by atoms with Gasteiger partial charge in [-0.1, -0.05) is 18.2 Å². The van der Waals surface area contributed by atoms with Crippen molar-refractivity contribution in [1.82, 2.24) is 15.4 Å². The smallest absolute Gasteiger partial charge is 0.358 e. The lowest BCUT2D eigenvalue weighted by molar-refractivity contribution is 0.0686. The maximum absolute atomic E-state index is 14.3. The Labute approximate surface area is 160 Å². The number of aliphatic imine (C=N–C) groups is 1. The lowest BCUT2D eigenvalue weighted by Crippen LogP contribution is -2.38. The van der Waals surface area contributed by atoms with Crippen LogP contribution in [0, 0.1) is 5.41 Å². The molecule has 1 aliphatic rings. The Balaban J connectivity index is 1.73. The molecule has 2 N–H and O–H groups in total.